The highest BCUT2D eigenvalue weighted by atomic mass is 32.1. The number of rotatable bonds is 8. The van der Waals surface area contributed by atoms with E-state index < -0.39 is 0 Å². The fourth-order valence-electron chi connectivity index (χ4n) is 2.58. The van der Waals surface area contributed by atoms with Gasteiger partial charge < -0.3 is 5.32 Å². The molecule has 0 spiro atoms. The second-order valence-corrected chi connectivity index (χ2v) is 6.69. The van der Waals surface area contributed by atoms with E-state index in [1.807, 2.05) is 11.3 Å². The first-order valence-electron chi connectivity index (χ1n) is 8.19. The molecule has 2 rings (SSSR count). The molecule has 114 valence electrons. The van der Waals surface area contributed by atoms with Crippen molar-refractivity contribution in [3.05, 3.63) is 57.3 Å². The zero-order valence-corrected chi connectivity index (χ0v) is 14.3. The summed E-state index contributed by atoms with van der Waals surface area (Å²) in [5.41, 5.74) is 2.83. The molecular weight excluding hydrogens is 274 g/mol. The van der Waals surface area contributed by atoms with E-state index in [1.54, 1.807) is 0 Å². The van der Waals surface area contributed by atoms with Gasteiger partial charge in [-0.05, 0) is 49.1 Å². The molecule has 21 heavy (non-hydrogen) atoms. The first-order chi connectivity index (χ1) is 10.3. The van der Waals surface area contributed by atoms with Crippen LogP contribution in [0.25, 0.3) is 0 Å². The molecule has 1 heterocycles. The van der Waals surface area contributed by atoms with Gasteiger partial charge in [0.2, 0.25) is 0 Å². The number of thiophene rings is 1. The van der Waals surface area contributed by atoms with Crippen LogP contribution in [0.4, 0.5) is 0 Å². The first-order valence-corrected chi connectivity index (χ1v) is 9.00. The van der Waals surface area contributed by atoms with E-state index >= 15 is 0 Å². The number of hydrogen-bond acceptors (Lipinski definition) is 2. The molecule has 0 saturated carbocycles. The minimum Gasteiger partial charge on any atom is -0.306 e. The Kier molecular flexibility index (Phi) is 6.47. The summed E-state index contributed by atoms with van der Waals surface area (Å²) in [4.78, 5) is 2.89. The van der Waals surface area contributed by atoms with Gasteiger partial charge in [-0.15, -0.1) is 11.3 Å². The van der Waals surface area contributed by atoms with Gasteiger partial charge in [0.05, 0.1) is 6.04 Å². The van der Waals surface area contributed by atoms with Crippen molar-refractivity contribution in [2.75, 3.05) is 6.54 Å². The summed E-state index contributed by atoms with van der Waals surface area (Å²) in [6.07, 6.45) is 4.86. The zero-order chi connectivity index (χ0) is 15.1. The molecule has 1 atom stereocenters. The van der Waals surface area contributed by atoms with E-state index in [0.29, 0.717) is 6.04 Å². The van der Waals surface area contributed by atoms with Gasteiger partial charge in [-0.2, -0.15) is 0 Å². The van der Waals surface area contributed by atoms with E-state index in [-0.39, 0.29) is 0 Å². The highest BCUT2D eigenvalue weighted by Crippen LogP contribution is 2.29. The SMILES string of the molecule is CCCCc1ccc(C(NCC)c2ccc(CC)s2)cc1. The largest absolute Gasteiger partial charge is 0.306 e. The summed E-state index contributed by atoms with van der Waals surface area (Å²) in [6, 6.07) is 14.1. The van der Waals surface area contributed by atoms with Gasteiger partial charge in [0.15, 0.2) is 0 Å². The Bertz CT molecular complexity index is 527. The molecule has 1 aromatic heterocycles. The fourth-order valence-corrected chi connectivity index (χ4v) is 3.64. The van der Waals surface area contributed by atoms with Crippen molar-refractivity contribution in [1.29, 1.82) is 0 Å². The smallest absolute Gasteiger partial charge is 0.0671 e. The molecule has 0 amide bonds. The Morgan fingerprint density at radius 1 is 1.00 bits per heavy atom. The lowest BCUT2D eigenvalue weighted by molar-refractivity contribution is 0.639. The van der Waals surface area contributed by atoms with Crippen molar-refractivity contribution in [2.45, 2.75) is 52.5 Å². The number of nitrogens with one attached hydrogen (secondary N) is 1. The second-order valence-electron chi connectivity index (χ2n) is 5.49. The summed E-state index contributed by atoms with van der Waals surface area (Å²) < 4.78 is 0. The summed E-state index contributed by atoms with van der Waals surface area (Å²) in [7, 11) is 0. The van der Waals surface area contributed by atoms with Gasteiger partial charge in [-0.1, -0.05) is 51.5 Å². The summed E-state index contributed by atoms with van der Waals surface area (Å²) in [5.74, 6) is 0. The van der Waals surface area contributed by atoms with E-state index in [0.717, 1.165) is 13.0 Å². The van der Waals surface area contributed by atoms with Crippen LogP contribution in [0.15, 0.2) is 36.4 Å². The lowest BCUT2D eigenvalue weighted by Crippen LogP contribution is -2.21. The normalized spacial score (nSPS) is 12.5. The summed E-state index contributed by atoms with van der Waals surface area (Å²) >= 11 is 1.93. The third-order valence-electron chi connectivity index (χ3n) is 3.86. The van der Waals surface area contributed by atoms with Crippen molar-refractivity contribution >= 4 is 11.3 Å². The predicted molar refractivity (Wildman–Crippen MR) is 94.3 cm³/mol. The van der Waals surface area contributed by atoms with Crippen LogP contribution in [0.2, 0.25) is 0 Å². The van der Waals surface area contributed by atoms with E-state index in [9.17, 15) is 0 Å². The van der Waals surface area contributed by atoms with Crippen molar-refractivity contribution in [1.82, 2.24) is 5.32 Å². The van der Waals surface area contributed by atoms with Crippen LogP contribution < -0.4 is 5.32 Å². The molecule has 1 unspecified atom stereocenters. The third kappa shape index (κ3) is 4.42. The van der Waals surface area contributed by atoms with E-state index in [4.69, 9.17) is 0 Å². The maximum Gasteiger partial charge on any atom is 0.0671 e. The van der Waals surface area contributed by atoms with Crippen LogP contribution in [0, 0.1) is 0 Å². The molecule has 1 nitrogen and oxygen atoms in total. The summed E-state index contributed by atoms with van der Waals surface area (Å²) in [5, 5.41) is 3.63. The fraction of sp³-hybridized carbons (Fsp3) is 0.474. The molecule has 1 aromatic carbocycles. The highest BCUT2D eigenvalue weighted by molar-refractivity contribution is 7.12. The maximum atomic E-state index is 3.63. The lowest BCUT2D eigenvalue weighted by Gasteiger charge is -2.17. The molecule has 0 aliphatic rings. The van der Waals surface area contributed by atoms with Gasteiger partial charge in [0, 0.05) is 9.75 Å². The third-order valence-corrected chi connectivity index (χ3v) is 5.15. The van der Waals surface area contributed by atoms with Crippen LogP contribution in [0.5, 0.6) is 0 Å². The van der Waals surface area contributed by atoms with Gasteiger partial charge in [-0.3, -0.25) is 0 Å². The Hall–Kier alpha value is -1.12. The minimum atomic E-state index is 0.334. The minimum absolute atomic E-state index is 0.334. The van der Waals surface area contributed by atoms with Crippen LogP contribution >= 0.6 is 11.3 Å². The number of unbranched alkanes of at least 4 members (excludes halogenated alkanes) is 1. The van der Waals surface area contributed by atoms with Gasteiger partial charge in [-0.25, -0.2) is 0 Å². The molecule has 0 aliphatic heterocycles. The molecule has 0 radical (unpaired) electrons. The van der Waals surface area contributed by atoms with Gasteiger partial charge >= 0.3 is 0 Å². The number of aryl methyl sites for hydroxylation is 2. The number of hydrogen-bond donors (Lipinski definition) is 1. The second kappa shape index (κ2) is 8.35. The van der Waals surface area contributed by atoms with Crippen molar-refractivity contribution < 1.29 is 0 Å². The molecule has 2 heteroatoms. The van der Waals surface area contributed by atoms with Crippen molar-refractivity contribution in [3.8, 4) is 0 Å². The van der Waals surface area contributed by atoms with E-state index in [2.05, 4.69) is 62.5 Å². The molecular formula is C19H27NS. The average molecular weight is 301 g/mol. The molecule has 0 fully saturated rings. The standard InChI is InChI=1S/C19H27NS/c1-4-7-8-15-9-11-16(12-10-15)19(20-6-3)18-14-13-17(5-2)21-18/h9-14,19-20H,4-8H2,1-3H3. The Morgan fingerprint density at radius 2 is 1.76 bits per heavy atom. The van der Waals surface area contributed by atoms with Crippen LogP contribution in [-0.4, -0.2) is 6.54 Å². The monoisotopic (exact) mass is 301 g/mol. The average Bonchev–Trinajstić information content (AvgIpc) is 3.00. The Balaban J connectivity index is 2.17. The van der Waals surface area contributed by atoms with Crippen molar-refractivity contribution in [2.24, 2.45) is 0 Å². The highest BCUT2D eigenvalue weighted by Gasteiger charge is 2.14. The van der Waals surface area contributed by atoms with Crippen LogP contribution in [0.1, 0.15) is 60.5 Å². The predicted octanol–water partition coefficient (Wildman–Crippen LogP) is 5.35. The van der Waals surface area contributed by atoms with Crippen LogP contribution in [-0.2, 0) is 12.8 Å². The quantitative estimate of drug-likeness (QED) is 0.693. The van der Waals surface area contributed by atoms with Crippen molar-refractivity contribution in [3.63, 3.8) is 0 Å². The molecule has 2 aromatic rings. The lowest BCUT2D eigenvalue weighted by atomic mass is 10.0. The Labute approximate surface area is 133 Å². The summed E-state index contributed by atoms with van der Waals surface area (Å²) in [6.45, 7) is 7.64. The molecule has 0 saturated heterocycles. The van der Waals surface area contributed by atoms with E-state index in [1.165, 1.54) is 40.1 Å². The molecule has 0 bridgehead atoms. The topological polar surface area (TPSA) is 12.0 Å². The van der Waals surface area contributed by atoms with Crippen LogP contribution in [0.3, 0.4) is 0 Å². The zero-order valence-electron chi connectivity index (χ0n) is 13.5. The Morgan fingerprint density at radius 3 is 2.33 bits per heavy atom. The maximum absolute atomic E-state index is 3.63. The molecule has 1 N–H and O–H groups in total. The van der Waals surface area contributed by atoms with Gasteiger partial charge in [0.1, 0.15) is 0 Å². The number of benzene rings is 1. The first kappa shape index (κ1) is 16.3. The molecule has 0 aliphatic carbocycles. The van der Waals surface area contributed by atoms with Gasteiger partial charge in [0.25, 0.3) is 0 Å².